The molecule has 17 heavy (non-hydrogen) atoms. The lowest BCUT2D eigenvalue weighted by Crippen LogP contribution is -2.42. The molecule has 1 N–H and O–H groups in total. The summed E-state index contributed by atoms with van der Waals surface area (Å²) in [5, 5.41) is 11.1. The minimum Gasteiger partial charge on any atom is -0.359 e. The van der Waals surface area contributed by atoms with Crippen LogP contribution in [0.4, 0.5) is 5.82 Å². The van der Waals surface area contributed by atoms with E-state index in [1.807, 2.05) is 6.92 Å². The average molecular weight is 274 g/mol. The quantitative estimate of drug-likeness (QED) is 0.849. The lowest BCUT2D eigenvalue weighted by atomic mass is 10.0. The molecule has 0 bridgehead atoms. The van der Waals surface area contributed by atoms with E-state index >= 15 is 0 Å². The van der Waals surface area contributed by atoms with Crippen LogP contribution in [0.25, 0.3) is 5.65 Å². The van der Waals surface area contributed by atoms with Crippen molar-refractivity contribution in [2.45, 2.75) is 18.9 Å². The minimum atomic E-state index is -0.371. The number of hydrogen-bond donors (Lipinski definition) is 1. The van der Waals surface area contributed by atoms with Gasteiger partial charge in [0.25, 0.3) is 0 Å². The maximum Gasteiger partial charge on any atom is 0.203 e. The third kappa shape index (κ3) is 2.30. The van der Waals surface area contributed by atoms with E-state index in [1.165, 1.54) is 0 Å². The highest BCUT2D eigenvalue weighted by molar-refractivity contribution is 6.22. The van der Waals surface area contributed by atoms with Crippen LogP contribution in [0.5, 0.6) is 0 Å². The van der Waals surface area contributed by atoms with Gasteiger partial charge in [0.05, 0.1) is 5.54 Å². The maximum atomic E-state index is 5.98. The summed E-state index contributed by atoms with van der Waals surface area (Å²) in [6.07, 6.45) is 5.89. The number of alkyl halides is 2. The van der Waals surface area contributed by atoms with E-state index in [1.54, 1.807) is 23.1 Å². The number of hydrogen-bond acceptors (Lipinski definition) is 4. The lowest BCUT2D eigenvalue weighted by Gasteiger charge is -2.29. The van der Waals surface area contributed by atoms with Crippen LogP contribution in [0.15, 0.2) is 18.7 Å². The fourth-order valence-corrected chi connectivity index (χ4v) is 2.28. The molecule has 0 fully saturated rings. The maximum absolute atomic E-state index is 5.98. The van der Waals surface area contributed by atoms with Gasteiger partial charge in [0.15, 0.2) is 5.82 Å². The Balaban J connectivity index is 2.37. The van der Waals surface area contributed by atoms with E-state index < -0.39 is 0 Å². The van der Waals surface area contributed by atoms with Gasteiger partial charge >= 0.3 is 0 Å². The van der Waals surface area contributed by atoms with Crippen molar-refractivity contribution in [2.75, 3.05) is 17.1 Å². The van der Waals surface area contributed by atoms with E-state index in [2.05, 4.69) is 20.5 Å². The summed E-state index contributed by atoms with van der Waals surface area (Å²) in [7, 11) is 0. The fraction of sp³-hybridized carbons (Fsp3) is 0.500. The monoisotopic (exact) mass is 273 g/mol. The van der Waals surface area contributed by atoms with E-state index in [4.69, 9.17) is 23.2 Å². The molecule has 2 aromatic heterocycles. The standard InChI is InChI=1S/C10H13Cl2N5/c1-2-10(5-11,6-12)15-8-9-16-14-7-17(9)4-3-13-8/h3-4,7H,2,5-6H2,1H3,(H,13,15). The van der Waals surface area contributed by atoms with Crippen LogP contribution in [0.3, 0.4) is 0 Å². The molecule has 0 unspecified atom stereocenters. The number of aromatic nitrogens is 4. The lowest BCUT2D eigenvalue weighted by molar-refractivity contribution is 0.558. The van der Waals surface area contributed by atoms with Crippen LogP contribution in [-0.4, -0.2) is 36.9 Å². The van der Waals surface area contributed by atoms with Crippen molar-refractivity contribution < 1.29 is 0 Å². The van der Waals surface area contributed by atoms with E-state index in [0.717, 1.165) is 6.42 Å². The van der Waals surface area contributed by atoms with Gasteiger partial charge in [0.2, 0.25) is 5.65 Å². The zero-order chi connectivity index (χ0) is 12.3. The number of anilines is 1. The Morgan fingerprint density at radius 1 is 1.41 bits per heavy atom. The first-order valence-corrected chi connectivity index (χ1v) is 6.36. The molecule has 0 saturated carbocycles. The van der Waals surface area contributed by atoms with Crippen molar-refractivity contribution in [1.82, 2.24) is 19.6 Å². The summed E-state index contributed by atoms with van der Waals surface area (Å²) in [5.41, 5.74) is 0.296. The zero-order valence-corrected chi connectivity index (χ0v) is 10.9. The van der Waals surface area contributed by atoms with Crippen molar-refractivity contribution in [3.63, 3.8) is 0 Å². The molecule has 0 aliphatic heterocycles. The molecule has 2 rings (SSSR count). The topological polar surface area (TPSA) is 55.1 Å². The SMILES string of the molecule is CCC(CCl)(CCl)Nc1nccn2cnnc12. The third-order valence-electron chi connectivity index (χ3n) is 2.79. The summed E-state index contributed by atoms with van der Waals surface area (Å²) in [6, 6.07) is 0. The van der Waals surface area contributed by atoms with Crippen molar-refractivity contribution in [1.29, 1.82) is 0 Å². The predicted octanol–water partition coefficient (Wildman–Crippen LogP) is 2.16. The van der Waals surface area contributed by atoms with Gasteiger partial charge in [-0.05, 0) is 6.42 Å². The number of rotatable bonds is 5. The van der Waals surface area contributed by atoms with E-state index in [-0.39, 0.29) is 5.54 Å². The van der Waals surface area contributed by atoms with Gasteiger partial charge in [0, 0.05) is 24.2 Å². The smallest absolute Gasteiger partial charge is 0.203 e. The molecule has 5 nitrogen and oxygen atoms in total. The van der Waals surface area contributed by atoms with E-state index in [9.17, 15) is 0 Å². The Hall–Kier alpha value is -1.07. The number of nitrogens with one attached hydrogen (secondary N) is 1. The Bertz CT molecular complexity index is 486. The largest absolute Gasteiger partial charge is 0.359 e. The predicted molar refractivity (Wildman–Crippen MR) is 68.9 cm³/mol. The van der Waals surface area contributed by atoms with Crippen molar-refractivity contribution in [2.24, 2.45) is 0 Å². The Morgan fingerprint density at radius 2 is 2.18 bits per heavy atom. The van der Waals surface area contributed by atoms with Gasteiger partial charge < -0.3 is 5.32 Å². The second-order valence-electron chi connectivity index (χ2n) is 3.86. The summed E-state index contributed by atoms with van der Waals surface area (Å²) in [5.74, 6) is 1.46. The first kappa shape index (κ1) is 12.4. The fourth-order valence-electron chi connectivity index (χ4n) is 1.48. The van der Waals surface area contributed by atoms with Crippen molar-refractivity contribution >= 4 is 34.7 Å². The van der Waals surface area contributed by atoms with Gasteiger partial charge in [-0.25, -0.2) is 4.98 Å². The molecule has 0 aromatic carbocycles. The summed E-state index contributed by atoms with van der Waals surface area (Å²) in [6.45, 7) is 2.03. The zero-order valence-electron chi connectivity index (χ0n) is 9.40. The van der Waals surface area contributed by atoms with Crippen LogP contribution >= 0.6 is 23.2 Å². The second kappa shape index (κ2) is 5.06. The first-order chi connectivity index (χ1) is 8.24. The van der Waals surface area contributed by atoms with Gasteiger partial charge in [0.1, 0.15) is 6.33 Å². The average Bonchev–Trinajstić information content (AvgIpc) is 2.85. The number of nitrogens with zero attached hydrogens (tertiary/aromatic N) is 4. The van der Waals surface area contributed by atoms with Gasteiger partial charge in [-0.3, -0.25) is 4.40 Å². The summed E-state index contributed by atoms with van der Waals surface area (Å²) < 4.78 is 1.79. The number of fused-ring (bicyclic) bond motifs is 1. The van der Waals surface area contributed by atoms with Crippen molar-refractivity contribution in [3.8, 4) is 0 Å². The second-order valence-corrected chi connectivity index (χ2v) is 4.40. The minimum absolute atomic E-state index is 0.371. The molecule has 2 aromatic rings. The molecule has 0 spiro atoms. The van der Waals surface area contributed by atoms with Gasteiger partial charge in [-0.15, -0.1) is 33.4 Å². The van der Waals surface area contributed by atoms with Crippen LogP contribution in [0, 0.1) is 0 Å². The summed E-state index contributed by atoms with van der Waals surface area (Å²) in [4.78, 5) is 4.26. The molecular weight excluding hydrogens is 261 g/mol. The van der Waals surface area contributed by atoms with E-state index in [0.29, 0.717) is 23.2 Å². The first-order valence-electron chi connectivity index (χ1n) is 5.29. The Kier molecular flexibility index (Phi) is 3.69. The molecule has 92 valence electrons. The van der Waals surface area contributed by atoms with Crippen LogP contribution in [0.1, 0.15) is 13.3 Å². The normalized spacial score (nSPS) is 11.9. The molecule has 0 aliphatic carbocycles. The molecule has 0 saturated heterocycles. The molecule has 0 radical (unpaired) electrons. The van der Waals surface area contributed by atoms with Crippen LogP contribution < -0.4 is 5.32 Å². The van der Waals surface area contributed by atoms with Gasteiger partial charge in [-0.1, -0.05) is 6.92 Å². The molecular formula is C10H13Cl2N5. The molecule has 0 amide bonds. The van der Waals surface area contributed by atoms with Crippen LogP contribution in [0.2, 0.25) is 0 Å². The van der Waals surface area contributed by atoms with Crippen LogP contribution in [-0.2, 0) is 0 Å². The highest BCUT2D eigenvalue weighted by atomic mass is 35.5. The highest BCUT2D eigenvalue weighted by Gasteiger charge is 2.27. The Labute approximate surface area is 109 Å². The Morgan fingerprint density at radius 3 is 2.82 bits per heavy atom. The van der Waals surface area contributed by atoms with Crippen molar-refractivity contribution in [3.05, 3.63) is 18.7 Å². The highest BCUT2D eigenvalue weighted by Crippen LogP contribution is 2.22. The summed E-state index contributed by atoms with van der Waals surface area (Å²) >= 11 is 12.0. The molecule has 0 aliphatic rings. The molecule has 0 atom stereocenters. The molecule has 2 heterocycles. The number of halogens is 2. The molecule has 7 heteroatoms. The van der Waals surface area contributed by atoms with Gasteiger partial charge in [-0.2, -0.15) is 0 Å². The third-order valence-corrected chi connectivity index (χ3v) is 3.81.